The molecule has 0 bridgehead atoms. The van der Waals surface area contributed by atoms with Crippen LogP contribution < -0.4 is 5.32 Å². The van der Waals surface area contributed by atoms with Gasteiger partial charge in [-0.3, -0.25) is 0 Å². The number of nitrogens with one attached hydrogen (secondary N) is 1. The fourth-order valence-electron chi connectivity index (χ4n) is 3.47. The van der Waals surface area contributed by atoms with Crippen molar-refractivity contribution in [2.24, 2.45) is 4.99 Å². The van der Waals surface area contributed by atoms with Gasteiger partial charge in [-0.25, -0.2) is 4.99 Å². The SMILES string of the molecule is CCCCCCCCCCc1cc2c(o1)NC(OCc1ccc(C)cc1)N=C2. The number of ether oxygens (including phenoxy) is 1. The number of hydrogen-bond donors (Lipinski definition) is 1. The smallest absolute Gasteiger partial charge is 0.228 e. The predicted octanol–water partition coefficient (Wildman–Crippen LogP) is 6.62. The lowest BCUT2D eigenvalue weighted by atomic mass is 10.1. The summed E-state index contributed by atoms with van der Waals surface area (Å²) >= 11 is 0. The summed E-state index contributed by atoms with van der Waals surface area (Å²) in [5, 5.41) is 3.24. The molecule has 0 saturated heterocycles. The Hall–Kier alpha value is -2.07. The number of rotatable bonds is 12. The van der Waals surface area contributed by atoms with E-state index in [4.69, 9.17) is 9.15 Å². The Morgan fingerprint density at radius 3 is 2.46 bits per heavy atom. The van der Waals surface area contributed by atoms with Gasteiger partial charge in [-0.15, -0.1) is 0 Å². The molecule has 152 valence electrons. The lowest BCUT2D eigenvalue weighted by molar-refractivity contribution is 0.0635. The van der Waals surface area contributed by atoms with E-state index >= 15 is 0 Å². The molecule has 0 saturated carbocycles. The van der Waals surface area contributed by atoms with Crippen LogP contribution in [0.25, 0.3) is 0 Å². The molecule has 1 aliphatic heterocycles. The van der Waals surface area contributed by atoms with Crippen LogP contribution in [0.3, 0.4) is 0 Å². The second-order valence-corrected chi connectivity index (χ2v) is 7.79. The van der Waals surface area contributed by atoms with Gasteiger partial charge in [-0.1, -0.05) is 81.7 Å². The largest absolute Gasteiger partial charge is 0.445 e. The number of furan rings is 1. The maximum atomic E-state index is 5.98. The zero-order chi connectivity index (χ0) is 19.6. The number of unbranched alkanes of at least 4 members (excludes halogenated alkanes) is 7. The summed E-state index contributed by atoms with van der Waals surface area (Å²) in [4.78, 5) is 4.44. The standard InChI is InChI=1S/C24H34N2O2/c1-3-4-5-6-7-8-9-10-11-22-16-21-17-25-24(26-23(21)28-22)27-18-20-14-12-19(2)13-15-20/h12-17,24,26H,3-11,18H2,1-2H3. The van der Waals surface area contributed by atoms with Gasteiger partial charge in [0.05, 0.1) is 12.2 Å². The van der Waals surface area contributed by atoms with Crippen molar-refractivity contribution in [1.82, 2.24) is 0 Å². The summed E-state index contributed by atoms with van der Waals surface area (Å²) in [6, 6.07) is 10.5. The number of benzene rings is 1. The van der Waals surface area contributed by atoms with Crippen LogP contribution in [0.5, 0.6) is 0 Å². The minimum absolute atomic E-state index is 0.393. The Kier molecular flexibility index (Phi) is 8.16. The molecule has 4 nitrogen and oxygen atoms in total. The van der Waals surface area contributed by atoms with Gasteiger partial charge < -0.3 is 14.5 Å². The van der Waals surface area contributed by atoms with Gasteiger partial charge in [-0.05, 0) is 25.0 Å². The van der Waals surface area contributed by atoms with E-state index in [9.17, 15) is 0 Å². The molecule has 1 atom stereocenters. The zero-order valence-electron chi connectivity index (χ0n) is 17.4. The molecule has 2 aromatic rings. The van der Waals surface area contributed by atoms with Gasteiger partial charge in [0.2, 0.25) is 12.2 Å². The molecule has 3 rings (SSSR count). The Morgan fingerprint density at radius 2 is 1.71 bits per heavy atom. The molecule has 1 aromatic heterocycles. The van der Waals surface area contributed by atoms with Crippen molar-refractivity contribution in [3.8, 4) is 0 Å². The highest BCUT2D eigenvalue weighted by Gasteiger charge is 2.18. The molecule has 2 heterocycles. The second kappa shape index (κ2) is 11.1. The van der Waals surface area contributed by atoms with E-state index in [-0.39, 0.29) is 0 Å². The summed E-state index contributed by atoms with van der Waals surface area (Å²) in [6.45, 7) is 4.87. The maximum absolute atomic E-state index is 5.98. The van der Waals surface area contributed by atoms with Gasteiger partial charge in [0.25, 0.3) is 0 Å². The summed E-state index contributed by atoms with van der Waals surface area (Å²) < 4.78 is 11.8. The van der Waals surface area contributed by atoms with Crippen molar-refractivity contribution in [1.29, 1.82) is 0 Å². The Bertz CT molecular complexity index is 734. The van der Waals surface area contributed by atoms with E-state index in [0.717, 1.165) is 29.2 Å². The van der Waals surface area contributed by atoms with Crippen molar-refractivity contribution < 1.29 is 9.15 Å². The summed E-state index contributed by atoms with van der Waals surface area (Å²) in [5.41, 5.74) is 3.41. The first-order valence-electron chi connectivity index (χ1n) is 10.8. The molecule has 0 fully saturated rings. The molecule has 1 N–H and O–H groups in total. The van der Waals surface area contributed by atoms with Gasteiger partial charge in [0.1, 0.15) is 5.76 Å². The van der Waals surface area contributed by atoms with Gasteiger partial charge >= 0.3 is 0 Å². The number of hydrogen-bond acceptors (Lipinski definition) is 4. The summed E-state index contributed by atoms with van der Waals surface area (Å²) in [6.07, 6.45) is 13.1. The molecule has 1 unspecified atom stereocenters. The normalized spacial score (nSPS) is 15.4. The van der Waals surface area contributed by atoms with Gasteiger partial charge in [-0.2, -0.15) is 0 Å². The second-order valence-electron chi connectivity index (χ2n) is 7.79. The van der Waals surface area contributed by atoms with Crippen molar-refractivity contribution in [2.75, 3.05) is 5.32 Å². The monoisotopic (exact) mass is 382 g/mol. The molecule has 28 heavy (non-hydrogen) atoms. The molecule has 0 radical (unpaired) electrons. The maximum Gasteiger partial charge on any atom is 0.228 e. The van der Waals surface area contributed by atoms with E-state index in [2.05, 4.69) is 54.5 Å². The van der Waals surface area contributed by atoms with Crippen LogP contribution in [0.1, 0.15) is 80.7 Å². The molecule has 0 amide bonds. The third-order valence-electron chi connectivity index (χ3n) is 5.22. The van der Waals surface area contributed by atoms with E-state index < -0.39 is 6.35 Å². The first kappa shape index (κ1) is 20.7. The molecule has 1 aliphatic rings. The van der Waals surface area contributed by atoms with Crippen LogP contribution in [0.2, 0.25) is 0 Å². The molecule has 0 aliphatic carbocycles. The first-order chi connectivity index (χ1) is 13.7. The van der Waals surface area contributed by atoms with Crippen molar-refractivity contribution >= 4 is 12.1 Å². The van der Waals surface area contributed by atoms with Crippen LogP contribution in [0, 0.1) is 6.92 Å². The van der Waals surface area contributed by atoms with Gasteiger partial charge in [0, 0.05) is 12.6 Å². The van der Waals surface area contributed by atoms with E-state index in [1.165, 1.54) is 56.9 Å². The molecular weight excluding hydrogens is 348 g/mol. The Morgan fingerprint density at radius 1 is 1.00 bits per heavy atom. The zero-order valence-corrected chi connectivity index (χ0v) is 17.4. The van der Waals surface area contributed by atoms with Crippen LogP contribution in [0.4, 0.5) is 5.88 Å². The molecule has 1 aromatic carbocycles. The van der Waals surface area contributed by atoms with Crippen molar-refractivity contribution in [2.45, 2.75) is 84.6 Å². The van der Waals surface area contributed by atoms with Gasteiger partial charge in [0.15, 0.2) is 0 Å². The number of aryl methyl sites for hydroxylation is 2. The highest BCUT2D eigenvalue weighted by atomic mass is 16.5. The van der Waals surface area contributed by atoms with E-state index in [0.29, 0.717) is 6.61 Å². The highest BCUT2D eigenvalue weighted by molar-refractivity contribution is 5.87. The Balaban J connectivity index is 1.36. The van der Waals surface area contributed by atoms with Crippen LogP contribution in [-0.4, -0.2) is 12.6 Å². The average Bonchev–Trinajstić information content (AvgIpc) is 3.11. The lowest BCUT2D eigenvalue weighted by Crippen LogP contribution is -2.24. The highest BCUT2D eigenvalue weighted by Crippen LogP contribution is 2.25. The minimum Gasteiger partial charge on any atom is -0.445 e. The summed E-state index contributed by atoms with van der Waals surface area (Å²) in [7, 11) is 0. The number of anilines is 1. The summed E-state index contributed by atoms with van der Waals surface area (Å²) in [5.74, 6) is 1.81. The third-order valence-corrected chi connectivity index (χ3v) is 5.22. The number of nitrogens with zero attached hydrogens (tertiary/aromatic N) is 1. The van der Waals surface area contributed by atoms with E-state index in [1.807, 2.05) is 6.21 Å². The van der Waals surface area contributed by atoms with Crippen LogP contribution in [0.15, 0.2) is 39.7 Å². The third kappa shape index (κ3) is 6.52. The number of aliphatic imine (C=N–C) groups is 1. The number of fused-ring (bicyclic) bond motifs is 1. The quantitative estimate of drug-likeness (QED) is 0.420. The fourth-order valence-corrected chi connectivity index (χ4v) is 3.47. The van der Waals surface area contributed by atoms with Crippen LogP contribution in [-0.2, 0) is 17.8 Å². The molecule has 4 heteroatoms. The Labute approximate surface area is 169 Å². The lowest BCUT2D eigenvalue weighted by Gasteiger charge is -2.18. The average molecular weight is 383 g/mol. The first-order valence-corrected chi connectivity index (χ1v) is 10.8. The topological polar surface area (TPSA) is 46.8 Å². The van der Waals surface area contributed by atoms with Crippen molar-refractivity contribution in [3.63, 3.8) is 0 Å². The predicted molar refractivity (Wildman–Crippen MR) is 116 cm³/mol. The minimum atomic E-state index is -0.393. The van der Waals surface area contributed by atoms with Crippen LogP contribution >= 0.6 is 0 Å². The van der Waals surface area contributed by atoms with E-state index in [1.54, 1.807) is 0 Å². The fraction of sp³-hybridized carbons (Fsp3) is 0.542. The molecular formula is C24H34N2O2. The van der Waals surface area contributed by atoms with Crippen molar-refractivity contribution in [3.05, 3.63) is 52.8 Å². The molecule has 0 spiro atoms.